The largest absolute Gasteiger partial charge is 0.478 e. The van der Waals surface area contributed by atoms with Gasteiger partial charge in [0.25, 0.3) is 0 Å². The summed E-state index contributed by atoms with van der Waals surface area (Å²) in [5.41, 5.74) is 11.9. The summed E-state index contributed by atoms with van der Waals surface area (Å²) < 4.78 is 5.61. The van der Waals surface area contributed by atoms with Gasteiger partial charge in [-0.05, 0) is 19.1 Å². The summed E-state index contributed by atoms with van der Waals surface area (Å²) in [6, 6.07) is 2.39. The lowest BCUT2D eigenvalue weighted by molar-refractivity contribution is -0.124. The number of rotatable bonds is 7. The third kappa shape index (κ3) is 4.19. The molecule has 9 heteroatoms. The van der Waals surface area contributed by atoms with E-state index >= 15 is 0 Å². The van der Waals surface area contributed by atoms with Gasteiger partial charge in [-0.25, -0.2) is 4.79 Å². The van der Waals surface area contributed by atoms with Crippen molar-refractivity contribution in [3.05, 3.63) is 35.9 Å². The van der Waals surface area contributed by atoms with Crippen molar-refractivity contribution >= 4 is 17.6 Å². The van der Waals surface area contributed by atoms with E-state index in [0.29, 0.717) is 17.1 Å². The average Bonchev–Trinajstić information content (AvgIpc) is 3.06. The molecule has 7 N–H and O–H groups in total. The van der Waals surface area contributed by atoms with Crippen LogP contribution in [0.15, 0.2) is 28.9 Å². The molecular formula is C17H22N4O5. The van der Waals surface area contributed by atoms with E-state index in [0.717, 1.165) is 6.20 Å². The number of carboxylic acid groups (broad SMARTS) is 1. The molecule has 0 aliphatic rings. The van der Waals surface area contributed by atoms with Crippen LogP contribution in [-0.4, -0.2) is 39.2 Å². The molecular weight excluding hydrogens is 340 g/mol. The quantitative estimate of drug-likeness (QED) is 0.477. The second-order valence-electron chi connectivity index (χ2n) is 6.06. The molecule has 9 nitrogen and oxygen atoms in total. The number of carbonyl (C=O) groups is 2. The van der Waals surface area contributed by atoms with Gasteiger partial charge in [-0.1, -0.05) is 6.92 Å². The minimum Gasteiger partial charge on any atom is -0.478 e. The Labute approximate surface area is 150 Å². The third-order valence-corrected chi connectivity index (χ3v) is 4.21. The van der Waals surface area contributed by atoms with E-state index in [1.807, 2.05) is 0 Å². The zero-order valence-corrected chi connectivity index (χ0v) is 14.5. The molecule has 2 rings (SSSR count). The molecule has 2 heterocycles. The molecule has 0 aliphatic heterocycles. The van der Waals surface area contributed by atoms with Gasteiger partial charge in [0, 0.05) is 18.3 Å². The highest BCUT2D eigenvalue weighted by molar-refractivity contribution is 5.97. The third-order valence-electron chi connectivity index (χ3n) is 4.21. The highest BCUT2D eigenvalue weighted by Crippen LogP contribution is 2.29. The van der Waals surface area contributed by atoms with Crippen LogP contribution < -0.4 is 16.8 Å². The van der Waals surface area contributed by atoms with Crippen LogP contribution in [0.1, 0.15) is 30.0 Å². The number of nitrogens with two attached hydrogens (primary N) is 2. The van der Waals surface area contributed by atoms with Crippen LogP contribution in [0.2, 0.25) is 0 Å². The minimum absolute atomic E-state index is 0.0465. The summed E-state index contributed by atoms with van der Waals surface area (Å²) in [4.78, 5) is 27.0. The van der Waals surface area contributed by atoms with E-state index in [4.69, 9.17) is 21.0 Å². The smallest absolute Gasteiger partial charge is 0.339 e. The lowest BCUT2D eigenvalue weighted by Gasteiger charge is -2.21. The predicted molar refractivity (Wildman–Crippen MR) is 94.0 cm³/mol. The number of carbonyl (C=O) groups excluding carboxylic acids is 1. The Morgan fingerprint density at radius 1 is 1.31 bits per heavy atom. The molecule has 0 fully saturated rings. The first-order valence-electron chi connectivity index (χ1n) is 7.99. The first kappa shape index (κ1) is 19.4. The van der Waals surface area contributed by atoms with Crippen LogP contribution in [0.3, 0.4) is 0 Å². The lowest BCUT2D eigenvalue weighted by Crippen LogP contribution is -2.47. The second kappa shape index (κ2) is 7.98. The second-order valence-corrected chi connectivity index (χ2v) is 6.06. The SMILES string of the molecule is CC(O)C(C)C(N)C(=O)NCc1ccc(-c2cncc(C(=O)O)c2N)o1. The molecule has 3 unspecified atom stereocenters. The summed E-state index contributed by atoms with van der Waals surface area (Å²) >= 11 is 0. The van der Waals surface area contributed by atoms with E-state index in [2.05, 4.69) is 10.3 Å². The van der Waals surface area contributed by atoms with Gasteiger partial charge < -0.3 is 31.4 Å². The van der Waals surface area contributed by atoms with Crippen LogP contribution in [0.4, 0.5) is 5.69 Å². The van der Waals surface area contributed by atoms with Gasteiger partial charge in [0.15, 0.2) is 0 Å². The Morgan fingerprint density at radius 3 is 2.62 bits per heavy atom. The molecule has 0 saturated carbocycles. The van der Waals surface area contributed by atoms with Crippen LogP contribution in [-0.2, 0) is 11.3 Å². The topological polar surface area (TPSA) is 165 Å². The number of hydrogen-bond acceptors (Lipinski definition) is 7. The van der Waals surface area contributed by atoms with Crippen LogP contribution in [0.5, 0.6) is 0 Å². The van der Waals surface area contributed by atoms with Gasteiger partial charge in [-0.15, -0.1) is 0 Å². The van der Waals surface area contributed by atoms with E-state index in [9.17, 15) is 14.7 Å². The number of nitrogens with one attached hydrogen (secondary N) is 1. The van der Waals surface area contributed by atoms with Crippen LogP contribution in [0.25, 0.3) is 11.3 Å². The van der Waals surface area contributed by atoms with Crippen LogP contribution >= 0.6 is 0 Å². The number of pyridine rings is 1. The Bertz CT molecular complexity index is 802. The number of nitrogens with zero attached hydrogens (tertiary/aromatic N) is 1. The number of furan rings is 1. The standard InChI is InChI=1S/C17H22N4O5/c1-8(9(2)22)14(18)16(23)21-5-10-3-4-13(26-10)11-6-20-7-12(15(11)19)17(24)25/h3-4,6-9,14,22H,5,18H2,1-2H3,(H2,19,20)(H,21,23)(H,24,25). The molecule has 26 heavy (non-hydrogen) atoms. The van der Waals surface area contributed by atoms with Gasteiger partial charge in [0.1, 0.15) is 17.1 Å². The molecule has 0 aliphatic carbocycles. The number of hydrogen-bond donors (Lipinski definition) is 5. The fraction of sp³-hybridized carbons (Fsp3) is 0.353. The first-order valence-corrected chi connectivity index (χ1v) is 7.99. The molecule has 0 bridgehead atoms. The highest BCUT2D eigenvalue weighted by atomic mass is 16.4. The zero-order chi connectivity index (χ0) is 19.4. The van der Waals surface area contributed by atoms with Crippen molar-refractivity contribution in [1.29, 1.82) is 0 Å². The molecule has 0 aromatic carbocycles. The average molecular weight is 362 g/mol. The highest BCUT2D eigenvalue weighted by Gasteiger charge is 2.24. The number of anilines is 1. The Hall–Kier alpha value is -2.91. The van der Waals surface area contributed by atoms with Crippen molar-refractivity contribution in [3.8, 4) is 11.3 Å². The summed E-state index contributed by atoms with van der Waals surface area (Å²) in [6.45, 7) is 3.34. The fourth-order valence-corrected chi connectivity index (χ4v) is 2.29. The Morgan fingerprint density at radius 2 is 2.00 bits per heavy atom. The number of aliphatic hydroxyl groups excluding tert-OH is 1. The van der Waals surface area contributed by atoms with Crippen molar-refractivity contribution < 1.29 is 24.2 Å². The van der Waals surface area contributed by atoms with Crippen molar-refractivity contribution in [1.82, 2.24) is 10.3 Å². The van der Waals surface area contributed by atoms with Gasteiger partial charge in [0.05, 0.1) is 29.9 Å². The summed E-state index contributed by atoms with van der Waals surface area (Å²) in [5, 5.41) is 21.2. The van der Waals surface area contributed by atoms with E-state index in [1.54, 1.807) is 26.0 Å². The number of aromatic nitrogens is 1. The predicted octanol–water partition coefficient (Wildman–Crippen LogP) is 0.582. The van der Waals surface area contributed by atoms with Crippen LogP contribution in [0, 0.1) is 5.92 Å². The summed E-state index contributed by atoms with van der Waals surface area (Å²) in [5.74, 6) is -1.22. The van der Waals surface area contributed by atoms with Crippen molar-refractivity contribution in [2.24, 2.45) is 11.7 Å². The van der Waals surface area contributed by atoms with E-state index in [1.165, 1.54) is 6.20 Å². The molecule has 0 radical (unpaired) electrons. The number of nitrogen functional groups attached to an aromatic ring is 1. The maximum absolute atomic E-state index is 12.0. The summed E-state index contributed by atoms with van der Waals surface area (Å²) in [7, 11) is 0. The molecule has 0 saturated heterocycles. The number of amides is 1. The van der Waals surface area contributed by atoms with Gasteiger partial charge in [0.2, 0.25) is 5.91 Å². The normalized spacial score (nSPS) is 14.5. The number of carboxylic acids is 1. The summed E-state index contributed by atoms with van der Waals surface area (Å²) in [6.07, 6.45) is 1.86. The van der Waals surface area contributed by atoms with E-state index < -0.39 is 29.9 Å². The molecule has 1 amide bonds. The zero-order valence-electron chi connectivity index (χ0n) is 14.5. The molecule has 0 spiro atoms. The van der Waals surface area contributed by atoms with Crippen molar-refractivity contribution in [2.45, 2.75) is 32.5 Å². The maximum Gasteiger partial charge on any atom is 0.339 e. The minimum atomic E-state index is -1.18. The maximum atomic E-state index is 12.0. The first-order chi connectivity index (χ1) is 12.2. The number of aromatic carboxylic acids is 1. The van der Waals surface area contributed by atoms with Gasteiger partial charge >= 0.3 is 5.97 Å². The molecule has 3 atom stereocenters. The van der Waals surface area contributed by atoms with Crippen molar-refractivity contribution in [2.75, 3.05) is 5.73 Å². The van der Waals surface area contributed by atoms with Gasteiger partial charge in [-0.2, -0.15) is 0 Å². The molecule has 2 aromatic heterocycles. The van der Waals surface area contributed by atoms with E-state index in [-0.39, 0.29) is 17.8 Å². The van der Waals surface area contributed by atoms with Gasteiger partial charge in [-0.3, -0.25) is 9.78 Å². The monoisotopic (exact) mass is 362 g/mol. The molecule has 140 valence electrons. The Balaban J connectivity index is 2.08. The lowest BCUT2D eigenvalue weighted by atomic mass is 9.97. The number of aliphatic hydroxyl groups is 1. The fourth-order valence-electron chi connectivity index (χ4n) is 2.29. The van der Waals surface area contributed by atoms with Crippen molar-refractivity contribution in [3.63, 3.8) is 0 Å². The molecule has 2 aromatic rings. The Kier molecular flexibility index (Phi) is 5.96.